The average molecular weight is 228 g/mol. The summed E-state index contributed by atoms with van der Waals surface area (Å²) in [7, 11) is 2.23. The molecule has 1 heterocycles. The highest BCUT2D eigenvalue weighted by atomic mass is 16.5. The molecule has 0 saturated carbocycles. The lowest BCUT2D eigenvalue weighted by atomic mass is 10.2. The minimum absolute atomic E-state index is 0.679. The molecule has 0 bridgehead atoms. The molecule has 0 aromatic carbocycles. The number of ether oxygens (including phenoxy) is 1. The Labute approximate surface area is 101 Å². The number of hydrogen-bond donors (Lipinski definition) is 1. The summed E-state index contributed by atoms with van der Waals surface area (Å²) < 4.78 is 5.40. The Hall–Kier alpha value is -0.120. The third-order valence-electron chi connectivity index (χ3n) is 3.32. The van der Waals surface area contributed by atoms with Gasteiger partial charge < -0.3 is 15.0 Å². The zero-order valence-corrected chi connectivity index (χ0v) is 11.0. The summed E-state index contributed by atoms with van der Waals surface area (Å²) in [4.78, 5) is 2.46. The number of nitrogens with one attached hydrogen (secondary N) is 1. The third kappa shape index (κ3) is 5.83. The predicted molar refractivity (Wildman–Crippen MR) is 68.9 cm³/mol. The molecule has 1 N–H and O–H groups in total. The second-order valence-electron chi connectivity index (χ2n) is 4.81. The maximum Gasteiger partial charge on any atom is 0.0622 e. The highest BCUT2D eigenvalue weighted by Crippen LogP contribution is 2.11. The molecule has 1 saturated heterocycles. The van der Waals surface area contributed by atoms with Crippen molar-refractivity contribution in [2.75, 3.05) is 39.9 Å². The zero-order chi connectivity index (χ0) is 11.6. The van der Waals surface area contributed by atoms with E-state index in [1.165, 1.54) is 51.7 Å². The standard InChI is InChI=1S/C13H28N2O/c1-3-8-14-9-5-4-6-10-15(2)13-7-11-16-12-13/h13-14H,3-12H2,1-2H3. The van der Waals surface area contributed by atoms with Crippen LogP contribution in [0.1, 0.15) is 39.0 Å². The van der Waals surface area contributed by atoms with Gasteiger partial charge in [0.05, 0.1) is 6.61 Å². The Bertz CT molecular complexity index is 158. The van der Waals surface area contributed by atoms with Crippen molar-refractivity contribution in [3.63, 3.8) is 0 Å². The van der Waals surface area contributed by atoms with Crippen LogP contribution in [0.2, 0.25) is 0 Å². The van der Waals surface area contributed by atoms with Gasteiger partial charge in [-0.05, 0) is 52.4 Å². The second kappa shape index (κ2) is 8.97. The molecule has 1 aliphatic rings. The van der Waals surface area contributed by atoms with Crippen molar-refractivity contribution in [3.8, 4) is 0 Å². The number of hydrogen-bond acceptors (Lipinski definition) is 3. The first-order valence-corrected chi connectivity index (χ1v) is 6.83. The molecule has 3 nitrogen and oxygen atoms in total. The molecule has 0 spiro atoms. The number of rotatable bonds is 9. The van der Waals surface area contributed by atoms with Gasteiger partial charge in [-0.1, -0.05) is 13.3 Å². The van der Waals surface area contributed by atoms with Gasteiger partial charge in [-0.3, -0.25) is 0 Å². The molecule has 96 valence electrons. The van der Waals surface area contributed by atoms with Gasteiger partial charge in [0.25, 0.3) is 0 Å². The summed E-state index contributed by atoms with van der Waals surface area (Å²) in [6.07, 6.45) is 6.43. The molecule has 1 rings (SSSR count). The summed E-state index contributed by atoms with van der Waals surface area (Å²) in [6.45, 7) is 7.68. The minimum Gasteiger partial charge on any atom is -0.380 e. The molecule has 0 radical (unpaired) electrons. The number of unbranched alkanes of at least 4 members (excludes halogenated alkanes) is 2. The van der Waals surface area contributed by atoms with E-state index in [0.29, 0.717) is 6.04 Å². The summed E-state index contributed by atoms with van der Waals surface area (Å²) in [5.74, 6) is 0. The zero-order valence-electron chi connectivity index (χ0n) is 11.0. The summed E-state index contributed by atoms with van der Waals surface area (Å²) in [6, 6.07) is 0.679. The maximum absolute atomic E-state index is 5.40. The van der Waals surface area contributed by atoms with Crippen LogP contribution in [0, 0.1) is 0 Å². The van der Waals surface area contributed by atoms with E-state index in [-0.39, 0.29) is 0 Å². The second-order valence-corrected chi connectivity index (χ2v) is 4.81. The van der Waals surface area contributed by atoms with Crippen molar-refractivity contribution in [1.82, 2.24) is 10.2 Å². The van der Waals surface area contributed by atoms with Crippen LogP contribution in [0.3, 0.4) is 0 Å². The Morgan fingerprint density at radius 3 is 2.81 bits per heavy atom. The lowest BCUT2D eigenvalue weighted by molar-refractivity contribution is 0.158. The van der Waals surface area contributed by atoms with Crippen molar-refractivity contribution in [3.05, 3.63) is 0 Å². The van der Waals surface area contributed by atoms with Crippen LogP contribution in [-0.4, -0.2) is 50.8 Å². The molecule has 0 amide bonds. The fourth-order valence-corrected chi connectivity index (χ4v) is 2.14. The van der Waals surface area contributed by atoms with Crippen LogP contribution in [0.5, 0.6) is 0 Å². The molecule has 1 unspecified atom stereocenters. The van der Waals surface area contributed by atoms with E-state index in [0.717, 1.165) is 13.2 Å². The topological polar surface area (TPSA) is 24.5 Å². The van der Waals surface area contributed by atoms with Gasteiger partial charge in [0.1, 0.15) is 0 Å². The van der Waals surface area contributed by atoms with Crippen LogP contribution < -0.4 is 5.32 Å². The number of likely N-dealkylation sites (N-methyl/N-ethyl adjacent to an activating group) is 1. The Morgan fingerprint density at radius 1 is 1.25 bits per heavy atom. The van der Waals surface area contributed by atoms with Gasteiger partial charge in [-0.25, -0.2) is 0 Å². The monoisotopic (exact) mass is 228 g/mol. The van der Waals surface area contributed by atoms with Gasteiger partial charge >= 0.3 is 0 Å². The first kappa shape index (κ1) is 13.9. The summed E-state index contributed by atoms with van der Waals surface area (Å²) in [5.41, 5.74) is 0. The van der Waals surface area contributed by atoms with Gasteiger partial charge in [0, 0.05) is 12.6 Å². The molecule has 1 aliphatic heterocycles. The lowest BCUT2D eigenvalue weighted by Crippen LogP contribution is -2.32. The largest absolute Gasteiger partial charge is 0.380 e. The van der Waals surface area contributed by atoms with E-state index < -0.39 is 0 Å². The van der Waals surface area contributed by atoms with E-state index in [9.17, 15) is 0 Å². The molecule has 1 atom stereocenters. The highest BCUT2D eigenvalue weighted by Gasteiger charge is 2.19. The van der Waals surface area contributed by atoms with E-state index in [1.54, 1.807) is 0 Å². The fraction of sp³-hybridized carbons (Fsp3) is 1.00. The van der Waals surface area contributed by atoms with Crippen molar-refractivity contribution in [2.45, 2.75) is 45.1 Å². The average Bonchev–Trinajstić information content (AvgIpc) is 2.81. The van der Waals surface area contributed by atoms with Gasteiger partial charge in [0.2, 0.25) is 0 Å². The predicted octanol–water partition coefficient (Wildman–Crippen LogP) is 1.88. The van der Waals surface area contributed by atoms with E-state index >= 15 is 0 Å². The molecule has 16 heavy (non-hydrogen) atoms. The van der Waals surface area contributed by atoms with Crippen LogP contribution in [0.15, 0.2) is 0 Å². The van der Waals surface area contributed by atoms with Crippen LogP contribution in [0.25, 0.3) is 0 Å². The first-order valence-electron chi connectivity index (χ1n) is 6.83. The van der Waals surface area contributed by atoms with Gasteiger partial charge in [-0.15, -0.1) is 0 Å². The van der Waals surface area contributed by atoms with Crippen LogP contribution >= 0.6 is 0 Å². The normalized spacial score (nSPS) is 20.8. The van der Waals surface area contributed by atoms with E-state index in [1.807, 2.05) is 0 Å². The van der Waals surface area contributed by atoms with Crippen molar-refractivity contribution < 1.29 is 4.74 Å². The SMILES string of the molecule is CCCNCCCCCN(C)C1CCOC1. The van der Waals surface area contributed by atoms with Crippen LogP contribution in [0.4, 0.5) is 0 Å². The highest BCUT2D eigenvalue weighted by molar-refractivity contribution is 4.72. The molecule has 1 fully saturated rings. The van der Waals surface area contributed by atoms with Gasteiger partial charge in [0.15, 0.2) is 0 Å². The Balaban J connectivity index is 1.86. The molecular weight excluding hydrogens is 200 g/mol. The molecule has 0 aliphatic carbocycles. The fourth-order valence-electron chi connectivity index (χ4n) is 2.14. The molecule has 0 aromatic heterocycles. The minimum atomic E-state index is 0.679. The van der Waals surface area contributed by atoms with Crippen molar-refractivity contribution in [1.29, 1.82) is 0 Å². The summed E-state index contributed by atoms with van der Waals surface area (Å²) in [5, 5.41) is 3.44. The van der Waals surface area contributed by atoms with Crippen molar-refractivity contribution >= 4 is 0 Å². The molecule has 0 aromatic rings. The smallest absolute Gasteiger partial charge is 0.0622 e. The van der Waals surface area contributed by atoms with E-state index in [2.05, 4.69) is 24.2 Å². The van der Waals surface area contributed by atoms with Crippen molar-refractivity contribution in [2.24, 2.45) is 0 Å². The van der Waals surface area contributed by atoms with E-state index in [4.69, 9.17) is 4.74 Å². The third-order valence-corrected chi connectivity index (χ3v) is 3.32. The van der Waals surface area contributed by atoms with Crippen LogP contribution in [-0.2, 0) is 4.74 Å². The lowest BCUT2D eigenvalue weighted by Gasteiger charge is -2.22. The Kier molecular flexibility index (Phi) is 7.81. The molecular formula is C13H28N2O. The molecule has 3 heteroatoms. The number of nitrogens with zero attached hydrogens (tertiary/aromatic N) is 1. The quantitative estimate of drug-likeness (QED) is 0.610. The Morgan fingerprint density at radius 2 is 2.12 bits per heavy atom. The maximum atomic E-state index is 5.40. The van der Waals surface area contributed by atoms with Gasteiger partial charge in [-0.2, -0.15) is 0 Å². The first-order chi connectivity index (χ1) is 7.84. The summed E-state index contributed by atoms with van der Waals surface area (Å²) >= 11 is 0.